The Morgan fingerprint density at radius 3 is 1.64 bits per heavy atom. The van der Waals surface area contributed by atoms with Crippen LogP contribution in [-0.4, -0.2) is 17.0 Å². The van der Waals surface area contributed by atoms with E-state index in [-0.39, 0.29) is 5.75 Å². The van der Waals surface area contributed by atoms with Gasteiger partial charge in [0.05, 0.1) is 27.8 Å². The van der Waals surface area contributed by atoms with Gasteiger partial charge in [-0.2, -0.15) is 0 Å². The number of fused-ring (bicyclic) bond motifs is 6. The molecule has 0 bridgehead atoms. The van der Waals surface area contributed by atoms with Crippen molar-refractivity contribution in [2.45, 2.75) is 5.75 Å². The zero-order valence-electron chi connectivity index (χ0n) is 19.4. The van der Waals surface area contributed by atoms with Gasteiger partial charge in [0.1, 0.15) is 0 Å². The Hall–Kier alpha value is -4.35. The van der Waals surface area contributed by atoms with Crippen molar-refractivity contribution < 1.29 is 8.42 Å². The average Bonchev–Trinajstić information content (AvgIpc) is 3.42. The van der Waals surface area contributed by atoms with Crippen LogP contribution >= 0.6 is 0 Å². The molecule has 0 aliphatic carbocycles. The number of para-hydroxylation sites is 3. The van der Waals surface area contributed by atoms with E-state index in [1.807, 2.05) is 66.7 Å². The van der Waals surface area contributed by atoms with Crippen molar-refractivity contribution in [2.75, 3.05) is 0 Å². The summed E-state index contributed by atoms with van der Waals surface area (Å²) in [5.74, 6) is -0.0593. The van der Waals surface area contributed by atoms with Crippen LogP contribution in [0.15, 0.2) is 121 Å². The monoisotopic (exact) mass is 486 g/mol. The topological polar surface area (TPSA) is 44.0 Å². The van der Waals surface area contributed by atoms with Gasteiger partial charge in [-0.05, 0) is 42.0 Å². The molecule has 0 aliphatic heterocycles. The summed E-state index contributed by atoms with van der Waals surface area (Å²) in [6.45, 7) is 0. The second-order valence-electron chi connectivity index (χ2n) is 9.09. The van der Waals surface area contributed by atoms with Crippen LogP contribution in [-0.2, 0) is 15.8 Å². The van der Waals surface area contributed by atoms with Gasteiger partial charge in [-0.1, -0.05) is 84.9 Å². The van der Waals surface area contributed by atoms with Crippen molar-refractivity contribution in [3.05, 3.63) is 127 Å². The molecule has 0 saturated heterocycles. The summed E-state index contributed by atoms with van der Waals surface area (Å²) in [6, 6.07) is 40.0. The van der Waals surface area contributed by atoms with E-state index in [4.69, 9.17) is 0 Å². The maximum Gasteiger partial charge on any atom is 0.243 e. The van der Waals surface area contributed by atoms with Crippen LogP contribution in [0.2, 0.25) is 0 Å². The summed E-state index contributed by atoms with van der Waals surface area (Å²) in [7, 11) is -3.65. The molecule has 36 heavy (non-hydrogen) atoms. The zero-order chi connectivity index (χ0) is 24.3. The Kier molecular flexibility index (Phi) is 4.56. The minimum Gasteiger partial charge on any atom is -0.309 e. The van der Waals surface area contributed by atoms with Crippen LogP contribution in [0.3, 0.4) is 0 Å². The van der Waals surface area contributed by atoms with Gasteiger partial charge in [0.15, 0.2) is 0 Å². The normalized spacial score (nSPS) is 12.2. The molecule has 174 valence electrons. The summed E-state index contributed by atoms with van der Waals surface area (Å²) in [6.07, 6.45) is 0. The van der Waals surface area contributed by atoms with Crippen molar-refractivity contribution in [2.24, 2.45) is 0 Å². The summed E-state index contributed by atoms with van der Waals surface area (Å²) in [5, 5.41) is 4.23. The molecule has 2 aromatic heterocycles. The van der Waals surface area contributed by atoms with Gasteiger partial charge < -0.3 is 4.57 Å². The molecule has 0 spiro atoms. The van der Waals surface area contributed by atoms with E-state index in [9.17, 15) is 8.42 Å². The molecule has 0 N–H and O–H groups in total. The summed E-state index contributed by atoms with van der Waals surface area (Å²) >= 11 is 0. The molecule has 0 aliphatic rings. The van der Waals surface area contributed by atoms with Gasteiger partial charge in [0.2, 0.25) is 10.0 Å². The summed E-state index contributed by atoms with van der Waals surface area (Å²) < 4.78 is 31.2. The van der Waals surface area contributed by atoms with E-state index in [0.717, 1.165) is 33.1 Å². The molecule has 0 atom stereocenters. The van der Waals surface area contributed by atoms with Gasteiger partial charge in [-0.15, -0.1) is 0 Å². The maximum atomic E-state index is 13.7. The Bertz CT molecular complexity index is 1980. The summed E-state index contributed by atoms with van der Waals surface area (Å²) in [5.41, 5.74) is 5.41. The molecule has 0 radical (unpaired) electrons. The fourth-order valence-electron chi connectivity index (χ4n) is 5.41. The molecule has 7 aromatic rings. The van der Waals surface area contributed by atoms with Crippen LogP contribution in [0.25, 0.3) is 49.3 Å². The lowest BCUT2D eigenvalue weighted by Crippen LogP contribution is -2.14. The molecule has 4 nitrogen and oxygen atoms in total. The predicted octanol–water partition coefficient (Wildman–Crippen LogP) is 7.27. The standard InChI is InChI=1S/C31H22N2O2S/c34-36(35,21-22-10-2-1-3-11-22)33-30-17-9-6-14-26(30)27-20-23(18-19-31(27)33)32-28-15-7-4-12-24(28)25-13-5-8-16-29(25)32/h1-20H,21H2. The smallest absolute Gasteiger partial charge is 0.243 e. The molecule has 2 heterocycles. The highest BCUT2D eigenvalue weighted by molar-refractivity contribution is 7.89. The van der Waals surface area contributed by atoms with Gasteiger partial charge in [0.25, 0.3) is 0 Å². The van der Waals surface area contributed by atoms with Crippen LogP contribution in [0.5, 0.6) is 0 Å². The largest absolute Gasteiger partial charge is 0.309 e. The highest BCUT2D eigenvalue weighted by Gasteiger charge is 2.22. The highest BCUT2D eigenvalue weighted by atomic mass is 32.2. The molecule has 5 aromatic carbocycles. The third-order valence-electron chi connectivity index (χ3n) is 6.92. The fourth-order valence-corrected chi connectivity index (χ4v) is 7.07. The first-order valence-corrected chi connectivity index (χ1v) is 13.5. The first-order chi connectivity index (χ1) is 17.6. The second kappa shape index (κ2) is 7.83. The van der Waals surface area contributed by atoms with Gasteiger partial charge >= 0.3 is 0 Å². The lowest BCUT2D eigenvalue weighted by atomic mass is 10.1. The molecule has 0 amide bonds. The number of hydrogen-bond acceptors (Lipinski definition) is 2. The molecule has 0 saturated carbocycles. The molecular weight excluding hydrogens is 464 g/mol. The Morgan fingerprint density at radius 2 is 1.00 bits per heavy atom. The number of rotatable bonds is 4. The van der Waals surface area contributed by atoms with Crippen molar-refractivity contribution in [1.29, 1.82) is 0 Å². The molecular formula is C31H22N2O2S. The fraction of sp³-hybridized carbons (Fsp3) is 0.0323. The first kappa shape index (κ1) is 21.0. The molecule has 0 unspecified atom stereocenters. The van der Waals surface area contributed by atoms with E-state index in [2.05, 4.69) is 59.2 Å². The first-order valence-electron chi connectivity index (χ1n) is 11.9. The number of hydrogen-bond donors (Lipinski definition) is 0. The maximum absolute atomic E-state index is 13.7. The van der Waals surface area contributed by atoms with E-state index >= 15 is 0 Å². The van der Waals surface area contributed by atoms with Crippen molar-refractivity contribution in [1.82, 2.24) is 8.54 Å². The average molecular weight is 487 g/mol. The van der Waals surface area contributed by atoms with E-state index in [0.29, 0.717) is 11.0 Å². The molecule has 0 fully saturated rings. The van der Waals surface area contributed by atoms with Crippen molar-refractivity contribution in [3.63, 3.8) is 0 Å². The highest BCUT2D eigenvalue weighted by Crippen LogP contribution is 2.36. The second-order valence-corrected chi connectivity index (χ2v) is 10.9. The third-order valence-corrected chi connectivity index (χ3v) is 8.57. The van der Waals surface area contributed by atoms with E-state index in [1.54, 1.807) is 0 Å². The van der Waals surface area contributed by atoms with Gasteiger partial charge in [-0.25, -0.2) is 12.4 Å². The third kappa shape index (κ3) is 3.10. The van der Waals surface area contributed by atoms with Crippen LogP contribution in [0.4, 0.5) is 0 Å². The van der Waals surface area contributed by atoms with Gasteiger partial charge in [-0.3, -0.25) is 0 Å². The number of aromatic nitrogens is 2. The molecule has 5 heteroatoms. The van der Waals surface area contributed by atoms with Crippen molar-refractivity contribution >= 4 is 53.6 Å². The van der Waals surface area contributed by atoms with Crippen LogP contribution in [0, 0.1) is 0 Å². The van der Waals surface area contributed by atoms with Crippen LogP contribution in [0.1, 0.15) is 5.56 Å². The van der Waals surface area contributed by atoms with E-state index in [1.165, 1.54) is 14.7 Å². The minimum absolute atomic E-state index is 0.0593. The number of nitrogens with zero attached hydrogens (tertiary/aromatic N) is 2. The predicted molar refractivity (Wildman–Crippen MR) is 148 cm³/mol. The van der Waals surface area contributed by atoms with E-state index < -0.39 is 10.0 Å². The van der Waals surface area contributed by atoms with Crippen LogP contribution < -0.4 is 0 Å². The quantitative estimate of drug-likeness (QED) is 0.263. The Labute approximate surface area is 208 Å². The lowest BCUT2D eigenvalue weighted by Gasteiger charge is -2.11. The van der Waals surface area contributed by atoms with Gasteiger partial charge in [0, 0.05) is 27.2 Å². The minimum atomic E-state index is -3.65. The zero-order valence-corrected chi connectivity index (χ0v) is 20.2. The van der Waals surface area contributed by atoms with Crippen molar-refractivity contribution in [3.8, 4) is 5.69 Å². The SMILES string of the molecule is O=S(=O)(Cc1ccccc1)n1c2ccccc2c2cc(-n3c4ccccc4c4ccccc43)ccc21. The number of benzene rings is 5. The lowest BCUT2D eigenvalue weighted by molar-refractivity contribution is 0.589. The Balaban J connectivity index is 1.50. The molecule has 7 rings (SSSR count). The summed E-state index contributed by atoms with van der Waals surface area (Å²) in [4.78, 5) is 0. The Morgan fingerprint density at radius 1 is 0.500 bits per heavy atom.